The average Bonchev–Trinajstić information content (AvgIpc) is 3.12. The molecule has 2 amide bonds. The Morgan fingerprint density at radius 2 is 2.09 bits per heavy atom. The highest BCUT2D eigenvalue weighted by molar-refractivity contribution is 7.17. The van der Waals surface area contributed by atoms with Crippen LogP contribution in [0.5, 0.6) is 0 Å². The van der Waals surface area contributed by atoms with Crippen LogP contribution in [-0.2, 0) is 4.74 Å². The summed E-state index contributed by atoms with van der Waals surface area (Å²) in [6, 6.07) is 12.6. The van der Waals surface area contributed by atoms with Crippen LogP contribution in [0.3, 0.4) is 0 Å². The molecule has 1 N–H and O–H groups in total. The number of ether oxygens (including phenoxy) is 1. The second kappa shape index (κ2) is 6.37. The van der Waals surface area contributed by atoms with Crippen molar-refractivity contribution in [1.29, 1.82) is 0 Å². The number of amides is 2. The highest BCUT2D eigenvalue weighted by atomic mass is 35.5. The molecule has 1 aliphatic rings. The predicted molar refractivity (Wildman–Crippen MR) is 85.7 cm³/mol. The topological polar surface area (TPSA) is 58.6 Å². The Balaban J connectivity index is 1.56. The van der Waals surface area contributed by atoms with Crippen molar-refractivity contribution in [3.63, 3.8) is 0 Å². The van der Waals surface area contributed by atoms with Crippen molar-refractivity contribution in [2.45, 2.75) is 6.10 Å². The van der Waals surface area contributed by atoms with Gasteiger partial charge < -0.3 is 10.1 Å². The third-order valence-electron chi connectivity index (χ3n) is 3.23. The Bertz CT molecular complexity index is 689. The second-order valence-electron chi connectivity index (χ2n) is 4.77. The molecule has 1 unspecified atom stereocenters. The van der Waals surface area contributed by atoms with Crippen molar-refractivity contribution in [3.8, 4) is 0 Å². The fourth-order valence-corrected chi connectivity index (χ4v) is 3.14. The first-order valence-electron chi connectivity index (χ1n) is 6.70. The van der Waals surface area contributed by atoms with Crippen LogP contribution in [0.25, 0.3) is 0 Å². The van der Waals surface area contributed by atoms with Crippen LogP contribution in [0.15, 0.2) is 42.5 Å². The average molecular weight is 337 g/mol. The summed E-state index contributed by atoms with van der Waals surface area (Å²) in [6.45, 7) is 0.678. The third kappa shape index (κ3) is 3.23. The third-order valence-corrected chi connectivity index (χ3v) is 4.46. The molecule has 0 bridgehead atoms. The van der Waals surface area contributed by atoms with E-state index in [0.29, 0.717) is 15.8 Å². The fraction of sp³-hybridized carbons (Fsp3) is 0.200. The number of cyclic esters (lactones) is 1. The maximum atomic E-state index is 11.9. The van der Waals surface area contributed by atoms with Gasteiger partial charge in [-0.3, -0.25) is 9.69 Å². The Morgan fingerprint density at radius 1 is 1.32 bits per heavy atom. The van der Waals surface area contributed by atoms with Gasteiger partial charge in [-0.1, -0.05) is 29.8 Å². The number of rotatable bonds is 4. The smallest absolute Gasteiger partial charge is 0.414 e. The molecule has 1 fully saturated rings. The molecule has 1 atom stereocenters. The number of nitrogens with one attached hydrogen (secondary N) is 1. The van der Waals surface area contributed by atoms with E-state index in [1.54, 1.807) is 17.0 Å². The van der Waals surface area contributed by atoms with E-state index in [4.69, 9.17) is 16.3 Å². The van der Waals surface area contributed by atoms with E-state index in [1.807, 2.05) is 30.3 Å². The van der Waals surface area contributed by atoms with Gasteiger partial charge in [0.15, 0.2) is 0 Å². The number of nitrogens with zero attached hydrogens (tertiary/aromatic N) is 1. The van der Waals surface area contributed by atoms with Gasteiger partial charge in [0, 0.05) is 5.69 Å². The van der Waals surface area contributed by atoms with Gasteiger partial charge in [0.2, 0.25) is 0 Å². The lowest BCUT2D eigenvalue weighted by molar-refractivity contribution is 0.0920. The molecule has 0 spiro atoms. The van der Waals surface area contributed by atoms with Crippen LogP contribution in [0.2, 0.25) is 4.34 Å². The maximum absolute atomic E-state index is 11.9. The number of carbonyl (C=O) groups is 2. The van der Waals surface area contributed by atoms with Gasteiger partial charge in [-0.25, -0.2) is 4.79 Å². The number of thiophene rings is 1. The molecule has 1 aromatic heterocycles. The Labute approximate surface area is 136 Å². The van der Waals surface area contributed by atoms with Crippen LogP contribution < -0.4 is 10.2 Å². The summed E-state index contributed by atoms with van der Waals surface area (Å²) in [6.07, 6.45) is -0.767. The van der Waals surface area contributed by atoms with Crippen molar-refractivity contribution in [1.82, 2.24) is 5.32 Å². The first-order valence-corrected chi connectivity index (χ1v) is 7.89. The lowest BCUT2D eigenvalue weighted by atomic mass is 10.2. The number of anilines is 1. The molecule has 0 radical (unpaired) electrons. The summed E-state index contributed by atoms with van der Waals surface area (Å²) in [4.78, 5) is 25.9. The van der Waals surface area contributed by atoms with Crippen LogP contribution in [0, 0.1) is 0 Å². The van der Waals surface area contributed by atoms with E-state index >= 15 is 0 Å². The minimum atomic E-state index is -0.399. The highest BCUT2D eigenvalue weighted by Crippen LogP contribution is 2.22. The Hall–Kier alpha value is -2.05. The number of para-hydroxylation sites is 1. The maximum Gasteiger partial charge on any atom is 0.414 e. The molecular formula is C15H13ClN2O3S. The zero-order valence-electron chi connectivity index (χ0n) is 11.5. The van der Waals surface area contributed by atoms with Gasteiger partial charge in [-0.2, -0.15) is 0 Å². The second-order valence-corrected chi connectivity index (χ2v) is 6.48. The molecule has 3 rings (SSSR count). The molecule has 2 aromatic rings. The van der Waals surface area contributed by atoms with Crippen LogP contribution in [0.1, 0.15) is 9.67 Å². The molecular weight excluding hydrogens is 324 g/mol. The van der Waals surface area contributed by atoms with E-state index in [1.165, 1.54) is 11.3 Å². The Kier molecular flexibility index (Phi) is 4.31. The van der Waals surface area contributed by atoms with Crippen molar-refractivity contribution >= 4 is 40.6 Å². The molecule has 22 heavy (non-hydrogen) atoms. The van der Waals surface area contributed by atoms with Crippen LogP contribution >= 0.6 is 22.9 Å². The minimum Gasteiger partial charge on any atom is -0.442 e. The van der Waals surface area contributed by atoms with E-state index in [-0.39, 0.29) is 18.6 Å². The molecule has 0 aliphatic carbocycles. The molecule has 0 saturated carbocycles. The SMILES string of the molecule is O=C(NCC1CN(c2ccccc2)C(=O)O1)c1ccc(Cl)s1. The predicted octanol–water partition coefficient (Wildman–Crippen LogP) is 3.16. The molecule has 1 aliphatic heterocycles. The summed E-state index contributed by atoms with van der Waals surface area (Å²) in [5.41, 5.74) is 0.784. The number of hydrogen-bond donors (Lipinski definition) is 1. The summed E-state index contributed by atoms with van der Waals surface area (Å²) >= 11 is 7.01. The Morgan fingerprint density at radius 3 is 2.77 bits per heavy atom. The number of hydrogen-bond acceptors (Lipinski definition) is 4. The normalized spacial score (nSPS) is 17.4. The van der Waals surface area contributed by atoms with Gasteiger partial charge in [-0.05, 0) is 24.3 Å². The fourth-order valence-electron chi connectivity index (χ4n) is 2.18. The zero-order chi connectivity index (χ0) is 15.5. The van der Waals surface area contributed by atoms with E-state index in [0.717, 1.165) is 5.69 Å². The van der Waals surface area contributed by atoms with Gasteiger partial charge in [-0.15, -0.1) is 11.3 Å². The summed E-state index contributed by atoms with van der Waals surface area (Å²) in [7, 11) is 0. The molecule has 2 heterocycles. The van der Waals surface area contributed by atoms with E-state index in [2.05, 4.69) is 5.32 Å². The largest absolute Gasteiger partial charge is 0.442 e. The van der Waals surface area contributed by atoms with Crippen molar-refractivity contribution in [3.05, 3.63) is 51.7 Å². The summed E-state index contributed by atoms with van der Waals surface area (Å²) < 4.78 is 5.83. The van der Waals surface area contributed by atoms with E-state index in [9.17, 15) is 9.59 Å². The molecule has 5 nitrogen and oxygen atoms in total. The van der Waals surface area contributed by atoms with Crippen LogP contribution in [0.4, 0.5) is 10.5 Å². The standard InChI is InChI=1S/C15H13ClN2O3S/c16-13-7-6-12(22-13)14(19)17-8-11-9-18(15(20)21-11)10-4-2-1-3-5-10/h1-7,11H,8-9H2,(H,17,19). The summed E-state index contributed by atoms with van der Waals surface area (Å²) in [5.74, 6) is -0.217. The lowest BCUT2D eigenvalue weighted by Crippen LogP contribution is -2.34. The van der Waals surface area contributed by atoms with Gasteiger partial charge >= 0.3 is 6.09 Å². The number of carbonyl (C=O) groups excluding carboxylic acids is 2. The highest BCUT2D eigenvalue weighted by Gasteiger charge is 2.32. The first kappa shape index (κ1) is 14.9. The van der Waals surface area contributed by atoms with Crippen molar-refractivity contribution in [2.75, 3.05) is 18.0 Å². The monoisotopic (exact) mass is 336 g/mol. The quantitative estimate of drug-likeness (QED) is 0.933. The number of halogens is 1. The zero-order valence-corrected chi connectivity index (χ0v) is 13.1. The van der Waals surface area contributed by atoms with E-state index < -0.39 is 6.09 Å². The van der Waals surface area contributed by atoms with Crippen molar-refractivity contribution in [2.24, 2.45) is 0 Å². The van der Waals surface area contributed by atoms with Gasteiger partial charge in [0.1, 0.15) is 6.10 Å². The molecule has 114 valence electrons. The van der Waals surface area contributed by atoms with Crippen LogP contribution in [-0.4, -0.2) is 31.2 Å². The van der Waals surface area contributed by atoms with Gasteiger partial charge in [0.05, 0.1) is 22.3 Å². The lowest BCUT2D eigenvalue weighted by Gasteiger charge is -2.12. The minimum absolute atomic E-state index is 0.217. The molecule has 1 aromatic carbocycles. The van der Waals surface area contributed by atoms with Crippen molar-refractivity contribution < 1.29 is 14.3 Å². The molecule has 1 saturated heterocycles. The summed E-state index contributed by atoms with van der Waals surface area (Å²) in [5, 5.41) is 2.76. The first-order chi connectivity index (χ1) is 10.6. The van der Waals surface area contributed by atoms with Gasteiger partial charge in [0.25, 0.3) is 5.91 Å². The number of benzene rings is 1. The molecule has 7 heteroatoms.